The van der Waals surface area contributed by atoms with E-state index in [1.165, 1.54) is 0 Å². The minimum absolute atomic E-state index is 0.177. The van der Waals surface area contributed by atoms with E-state index in [0.717, 1.165) is 22.0 Å². The zero-order valence-electron chi connectivity index (χ0n) is 16.7. The van der Waals surface area contributed by atoms with E-state index in [2.05, 4.69) is 24.5 Å². The number of benzene rings is 3. The summed E-state index contributed by atoms with van der Waals surface area (Å²) in [6, 6.07) is 22.3. The third kappa shape index (κ3) is 4.06. The number of carbonyl (C=O) groups is 1. The Bertz CT molecular complexity index is 1460. The summed E-state index contributed by atoms with van der Waals surface area (Å²) in [5.41, 5.74) is 4.15. The molecule has 0 spiro atoms. The van der Waals surface area contributed by atoms with Crippen molar-refractivity contribution in [2.45, 2.75) is 6.54 Å². The van der Waals surface area contributed by atoms with E-state index in [0.29, 0.717) is 28.6 Å². The predicted octanol–water partition coefficient (Wildman–Crippen LogP) is 4.94. The number of amides is 1. The number of aromatic nitrogens is 3. The van der Waals surface area contributed by atoms with Gasteiger partial charge in [0.05, 0.1) is 0 Å². The first kappa shape index (κ1) is 19.8. The van der Waals surface area contributed by atoms with Gasteiger partial charge in [0.2, 0.25) is 0 Å². The lowest BCUT2D eigenvalue weighted by molar-refractivity contribution is 0.102. The van der Waals surface area contributed by atoms with E-state index < -0.39 is 5.76 Å². The molecule has 0 aliphatic rings. The number of hydrogen-bond acceptors (Lipinski definition) is 4. The highest BCUT2D eigenvalue weighted by molar-refractivity contribution is 6.30. The molecule has 5 aromatic rings. The van der Waals surface area contributed by atoms with Crippen LogP contribution in [0.15, 0.2) is 88.3 Å². The number of hydrogen-bond donors (Lipinski definition) is 2. The number of rotatable bonds is 5. The maximum absolute atomic E-state index is 12.5. The molecule has 0 radical (unpaired) electrons. The molecule has 0 saturated heterocycles. The SMILES string of the molecule is O=C(Nc1ccc(Cl)cc1)c1ccc(Cn2ccc3cc(-c4noc(=O)[nH]4)ccc32)cc1. The summed E-state index contributed by atoms with van der Waals surface area (Å²) < 4.78 is 6.70. The second-order valence-corrected chi connectivity index (χ2v) is 7.76. The maximum Gasteiger partial charge on any atom is 0.439 e. The van der Waals surface area contributed by atoms with Gasteiger partial charge in [0.15, 0.2) is 5.82 Å². The van der Waals surface area contributed by atoms with Gasteiger partial charge in [-0.25, -0.2) is 4.79 Å². The zero-order valence-corrected chi connectivity index (χ0v) is 17.5. The van der Waals surface area contributed by atoms with Gasteiger partial charge in [-0.1, -0.05) is 28.9 Å². The fourth-order valence-corrected chi connectivity index (χ4v) is 3.66. The fraction of sp³-hybridized carbons (Fsp3) is 0.0417. The van der Waals surface area contributed by atoms with E-state index >= 15 is 0 Å². The van der Waals surface area contributed by atoms with Gasteiger partial charge in [-0.2, -0.15) is 0 Å². The van der Waals surface area contributed by atoms with Gasteiger partial charge in [0.1, 0.15) is 0 Å². The van der Waals surface area contributed by atoms with E-state index in [1.807, 2.05) is 54.7 Å². The van der Waals surface area contributed by atoms with Gasteiger partial charge >= 0.3 is 5.76 Å². The number of anilines is 1. The molecule has 0 unspecified atom stereocenters. The Balaban J connectivity index is 1.31. The van der Waals surface area contributed by atoms with Crippen LogP contribution in [0.25, 0.3) is 22.3 Å². The highest BCUT2D eigenvalue weighted by Gasteiger charge is 2.09. The average molecular weight is 445 g/mol. The van der Waals surface area contributed by atoms with Crippen LogP contribution in [-0.2, 0) is 6.54 Å². The molecule has 1 amide bonds. The Kier molecular flexibility index (Phi) is 5.09. The van der Waals surface area contributed by atoms with Crippen molar-refractivity contribution >= 4 is 34.1 Å². The fourth-order valence-electron chi connectivity index (χ4n) is 3.53. The summed E-state index contributed by atoms with van der Waals surface area (Å²) in [7, 11) is 0. The molecule has 0 bridgehead atoms. The molecule has 7 nitrogen and oxygen atoms in total. The molecule has 0 fully saturated rings. The van der Waals surface area contributed by atoms with Gasteiger partial charge in [0, 0.05) is 45.5 Å². The molecule has 0 aliphatic carbocycles. The minimum Gasteiger partial charge on any atom is -0.343 e. The summed E-state index contributed by atoms with van der Waals surface area (Å²) in [5, 5.41) is 8.23. The smallest absolute Gasteiger partial charge is 0.343 e. The molecule has 5 rings (SSSR count). The summed E-state index contributed by atoms with van der Waals surface area (Å²) >= 11 is 5.88. The standard InChI is InChI=1S/C24H17ClN4O3/c25-19-6-8-20(9-7-19)26-23(30)16-3-1-15(2-4-16)14-29-12-11-17-13-18(5-10-21(17)29)22-27-24(31)32-28-22/h1-13H,14H2,(H,26,30)(H,27,28,31). The van der Waals surface area contributed by atoms with E-state index in [4.69, 9.17) is 11.6 Å². The minimum atomic E-state index is -0.581. The average Bonchev–Trinajstić information content (AvgIpc) is 3.42. The number of aromatic amines is 1. The number of H-pyrrole nitrogens is 1. The second kappa shape index (κ2) is 8.20. The predicted molar refractivity (Wildman–Crippen MR) is 123 cm³/mol. The van der Waals surface area contributed by atoms with Crippen molar-refractivity contribution in [1.29, 1.82) is 0 Å². The molecular formula is C24H17ClN4O3. The Morgan fingerprint density at radius 1 is 1.03 bits per heavy atom. The quantitative estimate of drug-likeness (QED) is 0.401. The highest BCUT2D eigenvalue weighted by atomic mass is 35.5. The highest BCUT2D eigenvalue weighted by Crippen LogP contribution is 2.23. The summed E-state index contributed by atoms with van der Waals surface area (Å²) in [5.74, 6) is -0.358. The van der Waals surface area contributed by atoms with Crippen molar-refractivity contribution in [2.24, 2.45) is 0 Å². The third-order valence-corrected chi connectivity index (χ3v) is 5.41. The lowest BCUT2D eigenvalue weighted by Gasteiger charge is -2.08. The summed E-state index contributed by atoms with van der Waals surface area (Å²) in [6.45, 7) is 0.655. The van der Waals surface area contributed by atoms with E-state index in [1.54, 1.807) is 24.3 Å². The van der Waals surface area contributed by atoms with Crippen LogP contribution >= 0.6 is 11.6 Å². The maximum atomic E-state index is 12.5. The normalized spacial score (nSPS) is 11.0. The van der Waals surface area contributed by atoms with Crippen LogP contribution in [-0.4, -0.2) is 20.6 Å². The van der Waals surface area contributed by atoms with Crippen molar-refractivity contribution in [3.63, 3.8) is 0 Å². The molecule has 32 heavy (non-hydrogen) atoms. The largest absolute Gasteiger partial charge is 0.439 e. The molecule has 158 valence electrons. The van der Waals surface area contributed by atoms with E-state index in [-0.39, 0.29) is 5.91 Å². The second-order valence-electron chi connectivity index (χ2n) is 7.32. The summed E-state index contributed by atoms with van der Waals surface area (Å²) in [6.07, 6.45) is 2.00. The Labute approximate surface area is 187 Å². The molecule has 0 aliphatic heterocycles. The van der Waals surface area contributed by atoms with Crippen LogP contribution in [0.3, 0.4) is 0 Å². The van der Waals surface area contributed by atoms with Crippen LogP contribution in [0.5, 0.6) is 0 Å². The topological polar surface area (TPSA) is 92.9 Å². The molecule has 0 saturated carbocycles. The van der Waals surface area contributed by atoms with Crippen LogP contribution < -0.4 is 11.1 Å². The zero-order chi connectivity index (χ0) is 22.1. The van der Waals surface area contributed by atoms with E-state index in [9.17, 15) is 9.59 Å². The number of fused-ring (bicyclic) bond motifs is 1. The van der Waals surface area contributed by atoms with Gasteiger partial charge < -0.3 is 9.88 Å². The number of halogens is 1. The van der Waals surface area contributed by atoms with Crippen molar-refractivity contribution < 1.29 is 9.32 Å². The first-order chi connectivity index (χ1) is 15.5. The van der Waals surface area contributed by atoms with Crippen LogP contribution in [0.4, 0.5) is 5.69 Å². The number of nitrogens with zero attached hydrogens (tertiary/aromatic N) is 2. The van der Waals surface area contributed by atoms with Gasteiger partial charge in [-0.3, -0.25) is 14.3 Å². The first-order valence-electron chi connectivity index (χ1n) is 9.86. The molecule has 3 aromatic carbocycles. The summed E-state index contributed by atoms with van der Waals surface area (Å²) in [4.78, 5) is 26.2. The third-order valence-electron chi connectivity index (χ3n) is 5.16. The van der Waals surface area contributed by atoms with Crippen molar-refractivity contribution in [3.05, 3.63) is 106 Å². The number of nitrogens with one attached hydrogen (secondary N) is 2. The molecule has 2 heterocycles. The lowest BCUT2D eigenvalue weighted by atomic mass is 10.1. The Morgan fingerprint density at radius 2 is 1.81 bits per heavy atom. The first-order valence-corrected chi connectivity index (χ1v) is 10.2. The number of carbonyl (C=O) groups excluding carboxylic acids is 1. The molecular weight excluding hydrogens is 428 g/mol. The van der Waals surface area contributed by atoms with Crippen LogP contribution in [0.1, 0.15) is 15.9 Å². The molecule has 2 aromatic heterocycles. The van der Waals surface area contributed by atoms with Crippen molar-refractivity contribution in [2.75, 3.05) is 5.32 Å². The Hall–Kier alpha value is -4.10. The van der Waals surface area contributed by atoms with Crippen molar-refractivity contribution in [3.8, 4) is 11.4 Å². The van der Waals surface area contributed by atoms with Gasteiger partial charge in [0.25, 0.3) is 5.91 Å². The molecule has 0 atom stereocenters. The Morgan fingerprint density at radius 3 is 2.53 bits per heavy atom. The van der Waals surface area contributed by atoms with Gasteiger partial charge in [-0.05, 0) is 66.2 Å². The van der Waals surface area contributed by atoms with Crippen LogP contribution in [0.2, 0.25) is 5.02 Å². The molecule has 2 N–H and O–H groups in total. The monoisotopic (exact) mass is 444 g/mol. The van der Waals surface area contributed by atoms with Gasteiger partial charge in [-0.15, -0.1) is 0 Å². The molecule has 8 heteroatoms. The van der Waals surface area contributed by atoms with Crippen molar-refractivity contribution in [1.82, 2.24) is 14.7 Å². The lowest BCUT2D eigenvalue weighted by Crippen LogP contribution is -2.11. The van der Waals surface area contributed by atoms with Crippen LogP contribution in [0, 0.1) is 0 Å².